The average Bonchev–Trinajstić information content (AvgIpc) is 2.91. The highest BCUT2D eigenvalue weighted by molar-refractivity contribution is 4.82. The third-order valence-electron chi connectivity index (χ3n) is 3.63. The summed E-state index contributed by atoms with van der Waals surface area (Å²) in [7, 11) is 0. The maximum Gasteiger partial charge on any atom is 0.00960 e. The van der Waals surface area contributed by atoms with Crippen molar-refractivity contribution in [2.45, 2.75) is 57.5 Å². The first-order chi connectivity index (χ1) is 6.90. The molecule has 82 valence electrons. The van der Waals surface area contributed by atoms with Crippen LogP contribution in [0, 0.1) is 0 Å². The SMILES string of the molecule is CCN1CCC[C@@H]1CCCNC1CC1. The fourth-order valence-electron chi connectivity index (χ4n) is 2.57. The molecule has 1 aliphatic carbocycles. The topological polar surface area (TPSA) is 15.3 Å². The Morgan fingerprint density at radius 2 is 2.14 bits per heavy atom. The first-order valence-electron chi connectivity index (χ1n) is 6.37. The molecule has 0 aromatic heterocycles. The van der Waals surface area contributed by atoms with Crippen LogP contribution in [0.15, 0.2) is 0 Å². The monoisotopic (exact) mass is 196 g/mol. The maximum absolute atomic E-state index is 3.59. The maximum atomic E-state index is 3.59. The normalized spacial score (nSPS) is 28.5. The summed E-state index contributed by atoms with van der Waals surface area (Å²) in [6.07, 6.45) is 8.49. The molecule has 1 N–H and O–H groups in total. The van der Waals surface area contributed by atoms with Crippen LogP contribution in [-0.4, -0.2) is 36.6 Å². The summed E-state index contributed by atoms with van der Waals surface area (Å²) in [6, 6.07) is 1.79. The Labute approximate surface area is 88.1 Å². The van der Waals surface area contributed by atoms with Crippen molar-refractivity contribution in [2.24, 2.45) is 0 Å². The van der Waals surface area contributed by atoms with Crippen LogP contribution < -0.4 is 5.32 Å². The van der Waals surface area contributed by atoms with Gasteiger partial charge in [0.15, 0.2) is 0 Å². The van der Waals surface area contributed by atoms with Gasteiger partial charge in [0.25, 0.3) is 0 Å². The zero-order chi connectivity index (χ0) is 9.80. The molecule has 2 fully saturated rings. The first kappa shape index (κ1) is 10.4. The summed E-state index contributed by atoms with van der Waals surface area (Å²) in [5.74, 6) is 0. The highest BCUT2D eigenvalue weighted by atomic mass is 15.2. The molecule has 1 heterocycles. The van der Waals surface area contributed by atoms with E-state index in [0.717, 1.165) is 12.1 Å². The van der Waals surface area contributed by atoms with Crippen molar-refractivity contribution in [3.8, 4) is 0 Å². The van der Waals surface area contributed by atoms with Crippen LogP contribution in [0.1, 0.15) is 45.4 Å². The van der Waals surface area contributed by atoms with E-state index in [1.165, 1.54) is 58.2 Å². The van der Waals surface area contributed by atoms with Crippen molar-refractivity contribution >= 4 is 0 Å². The van der Waals surface area contributed by atoms with E-state index in [1.54, 1.807) is 0 Å². The summed E-state index contributed by atoms with van der Waals surface area (Å²) in [4.78, 5) is 2.65. The van der Waals surface area contributed by atoms with Crippen molar-refractivity contribution in [3.63, 3.8) is 0 Å². The lowest BCUT2D eigenvalue weighted by molar-refractivity contribution is 0.251. The van der Waals surface area contributed by atoms with Gasteiger partial charge in [-0.2, -0.15) is 0 Å². The van der Waals surface area contributed by atoms with Crippen molar-refractivity contribution in [3.05, 3.63) is 0 Å². The summed E-state index contributed by atoms with van der Waals surface area (Å²) in [5.41, 5.74) is 0. The molecular formula is C12H24N2. The molecular weight excluding hydrogens is 172 g/mol. The minimum Gasteiger partial charge on any atom is -0.314 e. The van der Waals surface area contributed by atoms with E-state index in [1.807, 2.05) is 0 Å². The Hall–Kier alpha value is -0.0800. The zero-order valence-electron chi connectivity index (χ0n) is 9.47. The Morgan fingerprint density at radius 3 is 2.86 bits per heavy atom. The number of hydrogen-bond acceptors (Lipinski definition) is 2. The number of hydrogen-bond donors (Lipinski definition) is 1. The van der Waals surface area contributed by atoms with Crippen molar-refractivity contribution < 1.29 is 0 Å². The number of nitrogens with zero attached hydrogens (tertiary/aromatic N) is 1. The number of rotatable bonds is 6. The van der Waals surface area contributed by atoms with Gasteiger partial charge in [0.05, 0.1) is 0 Å². The summed E-state index contributed by atoms with van der Waals surface area (Å²) >= 11 is 0. The van der Waals surface area contributed by atoms with Crippen LogP contribution >= 0.6 is 0 Å². The van der Waals surface area contributed by atoms with Gasteiger partial charge in [0.1, 0.15) is 0 Å². The van der Waals surface area contributed by atoms with E-state index >= 15 is 0 Å². The minimum absolute atomic E-state index is 0.890. The molecule has 1 saturated heterocycles. The highest BCUT2D eigenvalue weighted by Crippen LogP contribution is 2.21. The van der Waals surface area contributed by atoms with Crippen LogP contribution in [0.2, 0.25) is 0 Å². The van der Waals surface area contributed by atoms with Gasteiger partial charge in [0.2, 0.25) is 0 Å². The van der Waals surface area contributed by atoms with E-state index in [9.17, 15) is 0 Å². The van der Waals surface area contributed by atoms with Gasteiger partial charge in [-0.3, -0.25) is 0 Å². The average molecular weight is 196 g/mol. The van der Waals surface area contributed by atoms with Gasteiger partial charge in [-0.25, -0.2) is 0 Å². The quantitative estimate of drug-likeness (QED) is 0.654. The number of likely N-dealkylation sites (tertiary alicyclic amines) is 1. The molecule has 0 aromatic carbocycles. The molecule has 0 unspecified atom stereocenters. The predicted octanol–water partition coefficient (Wildman–Crippen LogP) is 2.00. The van der Waals surface area contributed by atoms with Gasteiger partial charge in [-0.05, 0) is 58.2 Å². The molecule has 14 heavy (non-hydrogen) atoms. The van der Waals surface area contributed by atoms with E-state index in [2.05, 4.69) is 17.1 Å². The number of nitrogens with one attached hydrogen (secondary N) is 1. The third-order valence-corrected chi connectivity index (χ3v) is 3.63. The molecule has 0 spiro atoms. The lowest BCUT2D eigenvalue weighted by Crippen LogP contribution is -2.30. The Morgan fingerprint density at radius 1 is 1.29 bits per heavy atom. The molecule has 0 bridgehead atoms. The lowest BCUT2D eigenvalue weighted by atomic mass is 10.1. The smallest absolute Gasteiger partial charge is 0.00960 e. The van der Waals surface area contributed by atoms with Crippen LogP contribution in [-0.2, 0) is 0 Å². The Bertz CT molecular complexity index is 166. The van der Waals surface area contributed by atoms with E-state index in [4.69, 9.17) is 0 Å². The van der Waals surface area contributed by atoms with Gasteiger partial charge in [-0.15, -0.1) is 0 Å². The van der Waals surface area contributed by atoms with Gasteiger partial charge >= 0.3 is 0 Å². The fraction of sp³-hybridized carbons (Fsp3) is 1.00. The molecule has 2 aliphatic rings. The molecule has 1 aliphatic heterocycles. The Kier molecular flexibility index (Phi) is 3.82. The predicted molar refractivity (Wildman–Crippen MR) is 60.5 cm³/mol. The van der Waals surface area contributed by atoms with Crippen LogP contribution in [0.3, 0.4) is 0 Å². The van der Waals surface area contributed by atoms with Crippen LogP contribution in [0.5, 0.6) is 0 Å². The molecule has 0 aromatic rings. The largest absolute Gasteiger partial charge is 0.314 e. The highest BCUT2D eigenvalue weighted by Gasteiger charge is 2.23. The van der Waals surface area contributed by atoms with E-state index in [0.29, 0.717) is 0 Å². The summed E-state index contributed by atoms with van der Waals surface area (Å²) in [5, 5.41) is 3.59. The van der Waals surface area contributed by atoms with Gasteiger partial charge < -0.3 is 10.2 Å². The van der Waals surface area contributed by atoms with Crippen molar-refractivity contribution in [1.29, 1.82) is 0 Å². The molecule has 1 atom stereocenters. The van der Waals surface area contributed by atoms with E-state index in [-0.39, 0.29) is 0 Å². The van der Waals surface area contributed by atoms with Gasteiger partial charge in [-0.1, -0.05) is 6.92 Å². The standard InChI is InChI=1S/C12H24N2/c1-2-14-10-4-6-12(14)5-3-9-13-11-7-8-11/h11-13H,2-10H2,1H3/t12-/m0/s1. The third kappa shape index (κ3) is 2.96. The summed E-state index contributed by atoms with van der Waals surface area (Å²) in [6.45, 7) is 6.14. The fourth-order valence-corrected chi connectivity index (χ4v) is 2.57. The molecule has 1 saturated carbocycles. The van der Waals surface area contributed by atoms with Crippen molar-refractivity contribution in [2.75, 3.05) is 19.6 Å². The molecule has 2 heteroatoms. The summed E-state index contributed by atoms with van der Waals surface area (Å²) < 4.78 is 0. The van der Waals surface area contributed by atoms with Crippen molar-refractivity contribution in [1.82, 2.24) is 10.2 Å². The van der Waals surface area contributed by atoms with Crippen LogP contribution in [0.4, 0.5) is 0 Å². The molecule has 0 radical (unpaired) electrons. The zero-order valence-corrected chi connectivity index (χ0v) is 9.47. The molecule has 0 amide bonds. The second-order valence-electron chi connectivity index (χ2n) is 4.80. The lowest BCUT2D eigenvalue weighted by Gasteiger charge is -2.22. The first-order valence-corrected chi connectivity index (χ1v) is 6.37. The van der Waals surface area contributed by atoms with Crippen LogP contribution in [0.25, 0.3) is 0 Å². The second-order valence-corrected chi connectivity index (χ2v) is 4.80. The molecule has 2 rings (SSSR count). The minimum atomic E-state index is 0.890. The molecule has 2 nitrogen and oxygen atoms in total. The second kappa shape index (κ2) is 5.13. The van der Waals surface area contributed by atoms with E-state index < -0.39 is 0 Å². The Balaban J connectivity index is 1.54. The van der Waals surface area contributed by atoms with Gasteiger partial charge in [0, 0.05) is 12.1 Å².